The quantitative estimate of drug-likeness (QED) is 0.804. The third-order valence-corrected chi connectivity index (χ3v) is 3.67. The van der Waals surface area contributed by atoms with Crippen LogP contribution in [0.2, 0.25) is 0 Å². The van der Waals surface area contributed by atoms with Gasteiger partial charge in [0.25, 0.3) is 0 Å². The summed E-state index contributed by atoms with van der Waals surface area (Å²) in [7, 11) is 2.05. The first-order valence-corrected chi connectivity index (χ1v) is 6.99. The maximum Gasteiger partial charge on any atom is 0.0644 e. The van der Waals surface area contributed by atoms with Crippen molar-refractivity contribution >= 4 is 17.1 Å². The van der Waals surface area contributed by atoms with E-state index in [2.05, 4.69) is 70.0 Å². The molecule has 106 valence electrons. The van der Waals surface area contributed by atoms with Crippen LogP contribution in [0.5, 0.6) is 0 Å². The molecular weight excluding hydrogens is 244 g/mol. The fraction of sp³-hybridized carbons (Fsp3) is 0.333. The number of hydrogen-bond acceptors (Lipinski definition) is 2. The van der Waals surface area contributed by atoms with Gasteiger partial charge in [-0.3, -0.25) is 0 Å². The molecule has 0 aromatic heterocycles. The molecule has 2 aromatic rings. The zero-order valence-corrected chi connectivity index (χ0v) is 13.1. The van der Waals surface area contributed by atoms with Crippen LogP contribution >= 0.6 is 0 Å². The third kappa shape index (κ3) is 2.96. The van der Waals surface area contributed by atoms with Crippen LogP contribution in [-0.4, -0.2) is 7.05 Å². The molecule has 0 aliphatic rings. The number of benzene rings is 2. The topological polar surface area (TPSA) is 29.3 Å². The van der Waals surface area contributed by atoms with Gasteiger partial charge in [0, 0.05) is 12.7 Å². The SMILES string of the molecule is Cc1ccc(N)c(N(C)c2ccc(C(C)(C)C)cc2)c1. The largest absolute Gasteiger partial charge is 0.397 e. The number of aryl methyl sites for hydroxylation is 1. The van der Waals surface area contributed by atoms with E-state index in [0.717, 1.165) is 17.1 Å². The Labute approximate surface area is 122 Å². The number of hydrogen-bond donors (Lipinski definition) is 1. The van der Waals surface area contributed by atoms with Crippen LogP contribution in [0.4, 0.5) is 17.1 Å². The summed E-state index contributed by atoms with van der Waals surface area (Å²) in [4.78, 5) is 2.13. The molecule has 0 atom stereocenters. The van der Waals surface area contributed by atoms with Crippen LogP contribution < -0.4 is 10.6 Å². The van der Waals surface area contributed by atoms with Crippen molar-refractivity contribution in [2.75, 3.05) is 17.7 Å². The highest BCUT2D eigenvalue weighted by atomic mass is 15.1. The summed E-state index contributed by atoms with van der Waals surface area (Å²) < 4.78 is 0. The van der Waals surface area contributed by atoms with Crippen molar-refractivity contribution in [1.29, 1.82) is 0 Å². The molecule has 0 saturated heterocycles. The predicted molar refractivity (Wildman–Crippen MR) is 88.8 cm³/mol. The summed E-state index contributed by atoms with van der Waals surface area (Å²) in [5.74, 6) is 0. The van der Waals surface area contributed by atoms with Gasteiger partial charge in [0.15, 0.2) is 0 Å². The van der Waals surface area contributed by atoms with E-state index in [9.17, 15) is 0 Å². The maximum absolute atomic E-state index is 6.09. The molecule has 0 radical (unpaired) electrons. The van der Waals surface area contributed by atoms with E-state index in [1.54, 1.807) is 0 Å². The number of nitrogens with two attached hydrogens (primary N) is 1. The van der Waals surface area contributed by atoms with Gasteiger partial charge in [-0.25, -0.2) is 0 Å². The molecule has 0 heterocycles. The number of rotatable bonds is 2. The van der Waals surface area contributed by atoms with E-state index in [4.69, 9.17) is 5.73 Å². The second kappa shape index (κ2) is 5.20. The lowest BCUT2D eigenvalue weighted by Crippen LogP contribution is -2.14. The van der Waals surface area contributed by atoms with Crippen LogP contribution in [0.1, 0.15) is 31.9 Å². The van der Waals surface area contributed by atoms with Gasteiger partial charge < -0.3 is 10.6 Å². The molecule has 2 nitrogen and oxygen atoms in total. The van der Waals surface area contributed by atoms with E-state index in [1.807, 2.05) is 12.1 Å². The minimum Gasteiger partial charge on any atom is -0.397 e. The Kier molecular flexibility index (Phi) is 3.76. The fourth-order valence-electron chi connectivity index (χ4n) is 2.27. The van der Waals surface area contributed by atoms with Crippen LogP contribution in [0, 0.1) is 6.92 Å². The van der Waals surface area contributed by atoms with Crippen molar-refractivity contribution in [3.05, 3.63) is 53.6 Å². The van der Waals surface area contributed by atoms with Crippen LogP contribution in [0.25, 0.3) is 0 Å². The number of anilines is 3. The van der Waals surface area contributed by atoms with Crippen molar-refractivity contribution in [3.63, 3.8) is 0 Å². The summed E-state index contributed by atoms with van der Waals surface area (Å²) in [5, 5.41) is 0. The van der Waals surface area contributed by atoms with E-state index >= 15 is 0 Å². The Hall–Kier alpha value is -1.96. The Bertz CT molecular complexity index is 592. The standard InChI is InChI=1S/C18H24N2/c1-13-6-11-16(19)17(12-13)20(5)15-9-7-14(8-10-15)18(2,3)4/h6-12H,19H2,1-5H3. The Morgan fingerprint density at radius 2 is 1.55 bits per heavy atom. The Morgan fingerprint density at radius 1 is 0.950 bits per heavy atom. The summed E-state index contributed by atoms with van der Waals surface area (Å²) in [6.45, 7) is 8.76. The average molecular weight is 268 g/mol. The molecule has 0 spiro atoms. The highest BCUT2D eigenvalue weighted by molar-refractivity contribution is 5.75. The summed E-state index contributed by atoms with van der Waals surface area (Å²) >= 11 is 0. The van der Waals surface area contributed by atoms with Gasteiger partial charge in [-0.05, 0) is 47.7 Å². The van der Waals surface area contributed by atoms with E-state index < -0.39 is 0 Å². The molecule has 2 N–H and O–H groups in total. The molecule has 0 amide bonds. The predicted octanol–water partition coefficient (Wildman–Crippen LogP) is 4.64. The van der Waals surface area contributed by atoms with Crippen molar-refractivity contribution < 1.29 is 0 Å². The molecule has 0 aliphatic heterocycles. The average Bonchev–Trinajstić information content (AvgIpc) is 2.40. The lowest BCUT2D eigenvalue weighted by atomic mass is 9.87. The summed E-state index contributed by atoms with van der Waals surface area (Å²) in [6, 6.07) is 14.8. The molecular formula is C18H24N2. The van der Waals surface area contributed by atoms with E-state index in [1.165, 1.54) is 11.1 Å². The first kappa shape index (κ1) is 14.4. The maximum atomic E-state index is 6.09. The molecule has 2 rings (SSSR count). The first-order valence-electron chi connectivity index (χ1n) is 6.99. The van der Waals surface area contributed by atoms with Gasteiger partial charge in [0.05, 0.1) is 11.4 Å². The van der Waals surface area contributed by atoms with Crippen LogP contribution in [0.15, 0.2) is 42.5 Å². The second-order valence-corrected chi connectivity index (χ2v) is 6.42. The van der Waals surface area contributed by atoms with Crippen LogP contribution in [0.3, 0.4) is 0 Å². The van der Waals surface area contributed by atoms with Crippen molar-refractivity contribution in [3.8, 4) is 0 Å². The molecule has 0 aliphatic carbocycles. The molecule has 2 heteroatoms. The lowest BCUT2D eigenvalue weighted by molar-refractivity contribution is 0.590. The normalized spacial score (nSPS) is 11.4. The van der Waals surface area contributed by atoms with Crippen molar-refractivity contribution in [2.24, 2.45) is 0 Å². The summed E-state index contributed by atoms with van der Waals surface area (Å²) in [6.07, 6.45) is 0. The number of nitrogens with zero attached hydrogens (tertiary/aromatic N) is 1. The monoisotopic (exact) mass is 268 g/mol. The van der Waals surface area contributed by atoms with Crippen molar-refractivity contribution in [1.82, 2.24) is 0 Å². The zero-order chi connectivity index (χ0) is 14.9. The first-order chi connectivity index (χ1) is 9.29. The highest BCUT2D eigenvalue weighted by Gasteiger charge is 2.14. The molecule has 2 aromatic carbocycles. The van der Waals surface area contributed by atoms with E-state index in [0.29, 0.717) is 0 Å². The smallest absolute Gasteiger partial charge is 0.0644 e. The molecule has 0 saturated carbocycles. The van der Waals surface area contributed by atoms with Gasteiger partial charge in [0.2, 0.25) is 0 Å². The molecule has 0 unspecified atom stereocenters. The van der Waals surface area contributed by atoms with Gasteiger partial charge >= 0.3 is 0 Å². The van der Waals surface area contributed by atoms with Gasteiger partial charge in [-0.15, -0.1) is 0 Å². The molecule has 20 heavy (non-hydrogen) atoms. The Balaban J connectivity index is 2.34. The zero-order valence-electron chi connectivity index (χ0n) is 13.1. The van der Waals surface area contributed by atoms with Gasteiger partial charge in [0.1, 0.15) is 0 Å². The second-order valence-electron chi connectivity index (χ2n) is 6.42. The Morgan fingerprint density at radius 3 is 2.10 bits per heavy atom. The van der Waals surface area contributed by atoms with Gasteiger partial charge in [-0.2, -0.15) is 0 Å². The molecule has 0 bridgehead atoms. The fourth-order valence-corrected chi connectivity index (χ4v) is 2.27. The summed E-state index contributed by atoms with van der Waals surface area (Å²) in [5.41, 5.74) is 11.8. The van der Waals surface area contributed by atoms with Crippen LogP contribution in [-0.2, 0) is 5.41 Å². The molecule has 0 fully saturated rings. The van der Waals surface area contributed by atoms with E-state index in [-0.39, 0.29) is 5.41 Å². The minimum absolute atomic E-state index is 0.180. The minimum atomic E-state index is 0.180. The van der Waals surface area contributed by atoms with Crippen molar-refractivity contribution in [2.45, 2.75) is 33.1 Å². The third-order valence-electron chi connectivity index (χ3n) is 3.67. The lowest BCUT2D eigenvalue weighted by Gasteiger charge is -2.24. The highest BCUT2D eigenvalue weighted by Crippen LogP contribution is 2.31. The number of nitrogen functional groups attached to an aromatic ring is 1. The van der Waals surface area contributed by atoms with Gasteiger partial charge in [-0.1, -0.05) is 39.0 Å².